The van der Waals surface area contributed by atoms with Gasteiger partial charge in [0.1, 0.15) is 11.9 Å². The van der Waals surface area contributed by atoms with Crippen LogP contribution in [-0.2, 0) is 0 Å². The summed E-state index contributed by atoms with van der Waals surface area (Å²) < 4.78 is 5.86. The molecule has 4 heteroatoms. The smallest absolute Gasteiger partial charge is 0.138 e. The Hall–Kier alpha value is -0.770. The third-order valence-corrected chi connectivity index (χ3v) is 4.13. The van der Waals surface area contributed by atoms with Gasteiger partial charge in [-0.15, -0.1) is 0 Å². The molecule has 1 aliphatic carbocycles. The molecule has 0 aromatic heterocycles. The van der Waals surface area contributed by atoms with Crippen molar-refractivity contribution < 1.29 is 9.84 Å². The Balaban J connectivity index is 2.08. The second kappa shape index (κ2) is 6.60. The number of hydrogen-bond acceptors (Lipinski definition) is 3. The molecule has 3 nitrogen and oxygen atoms in total. The van der Waals surface area contributed by atoms with Crippen molar-refractivity contribution in [2.75, 3.05) is 7.05 Å². The van der Waals surface area contributed by atoms with E-state index in [4.69, 9.17) is 16.3 Å². The lowest BCUT2D eigenvalue weighted by Crippen LogP contribution is -2.34. The zero-order valence-electron chi connectivity index (χ0n) is 11.5. The van der Waals surface area contributed by atoms with Crippen LogP contribution in [0.2, 0.25) is 5.02 Å². The molecule has 0 radical (unpaired) electrons. The van der Waals surface area contributed by atoms with Crippen molar-refractivity contribution in [3.8, 4) is 5.75 Å². The van der Waals surface area contributed by atoms with Crippen molar-refractivity contribution in [3.05, 3.63) is 28.8 Å². The third-order valence-electron chi connectivity index (χ3n) is 3.83. The van der Waals surface area contributed by atoms with Crippen molar-refractivity contribution in [1.29, 1.82) is 0 Å². The summed E-state index contributed by atoms with van der Waals surface area (Å²) in [7, 11) is 1.92. The van der Waals surface area contributed by atoms with E-state index in [1.54, 1.807) is 0 Å². The summed E-state index contributed by atoms with van der Waals surface area (Å²) >= 11 is 6.26. The normalized spacial score (nSPS) is 25.1. The highest BCUT2D eigenvalue weighted by Gasteiger charge is 2.25. The van der Waals surface area contributed by atoms with Crippen molar-refractivity contribution in [3.63, 3.8) is 0 Å². The zero-order chi connectivity index (χ0) is 13.8. The van der Waals surface area contributed by atoms with Gasteiger partial charge in [0.25, 0.3) is 0 Å². The summed E-state index contributed by atoms with van der Waals surface area (Å²) in [5.41, 5.74) is 1.13. The lowest BCUT2D eigenvalue weighted by atomic mass is 9.95. The maximum atomic E-state index is 9.92. The number of aliphatic hydroxyl groups excluding tert-OH is 1. The topological polar surface area (TPSA) is 41.5 Å². The fraction of sp³-hybridized carbons (Fsp3) is 0.600. The summed E-state index contributed by atoms with van der Waals surface area (Å²) in [6, 6.07) is 6.09. The predicted molar refractivity (Wildman–Crippen MR) is 77.8 cm³/mol. The van der Waals surface area contributed by atoms with Gasteiger partial charge in [0.15, 0.2) is 0 Å². The van der Waals surface area contributed by atoms with Crippen LogP contribution in [-0.4, -0.2) is 24.4 Å². The van der Waals surface area contributed by atoms with Gasteiger partial charge in [-0.05, 0) is 50.9 Å². The Kier molecular flexibility index (Phi) is 5.08. The minimum Gasteiger partial charge on any atom is -0.486 e. The zero-order valence-corrected chi connectivity index (χ0v) is 12.3. The fourth-order valence-corrected chi connectivity index (χ4v) is 2.66. The van der Waals surface area contributed by atoms with Crippen molar-refractivity contribution in [2.45, 2.75) is 50.9 Å². The number of rotatable bonds is 4. The van der Waals surface area contributed by atoms with E-state index in [2.05, 4.69) is 12.2 Å². The first kappa shape index (κ1) is 14.6. The molecule has 19 heavy (non-hydrogen) atoms. The van der Waals surface area contributed by atoms with Gasteiger partial charge in [-0.25, -0.2) is 0 Å². The van der Waals surface area contributed by atoms with E-state index in [9.17, 15) is 5.11 Å². The van der Waals surface area contributed by atoms with Gasteiger partial charge in [0.05, 0.1) is 11.1 Å². The molecule has 0 aliphatic heterocycles. The van der Waals surface area contributed by atoms with Crippen LogP contribution >= 0.6 is 11.6 Å². The van der Waals surface area contributed by atoms with Crippen LogP contribution in [0.1, 0.15) is 44.2 Å². The van der Waals surface area contributed by atoms with Crippen molar-refractivity contribution in [1.82, 2.24) is 5.32 Å². The van der Waals surface area contributed by atoms with Crippen LogP contribution in [0.4, 0.5) is 0 Å². The average Bonchev–Trinajstić information content (AvgIpc) is 2.42. The summed E-state index contributed by atoms with van der Waals surface area (Å²) in [6.45, 7) is 2.08. The first-order valence-corrected chi connectivity index (χ1v) is 7.31. The standard InChI is InChI=1S/C15H22ClNO2/c1-10(17-2)11-7-8-14(12(16)9-11)19-15-6-4-3-5-13(15)18/h7-10,13,15,17-18H,3-6H2,1-2H3. The Morgan fingerprint density at radius 2 is 2.11 bits per heavy atom. The average molecular weight is 284 g/mol. The number of hydrogen-bond donors (Lipinski definition) is 2. The molecule has 0 bridgehead atoms. The SMILES string of the molecule is CNC(C)c1ccc(OC2CCCCC2O)c(Cl)c1. The molecule has 3 atom stereocenters. The van der Waals surface area contributed by atoms with Crippen LogP contribution in [0.5, 0.6) is 5.75 Å². The van der Waals surface area contributed by atoms with E-state index in [0.29, 0.717) is 10.8 Å². The molecule has 1 aliphatic rings. The second-order valence-corrected chi connectivity index (χ2v) is 5.62. The van der Waals surface area contributed by atoms with Crippen LogP contribution < -0.4 is 10.1 Å². The molecule has 1 fully saturated rings. The highest BCUT2D eigenvalue weighted by Crippen LogP contribution is 2.31. The van der Waals surface area contributed by atoms with Gasteiger partial charge in [0, 0.05) is 6.04 Å². The van der Waals surface area contributed by atoms with Crippen LogP contribution in [0.3, 0.4) is 0 Å². The van der Waals surface area contributed by atoms with Gasteiger partial charge < -0.3 is 15.2 Å². The van der Waals surface area contributed by atoms with Gasteiger partial charge in [-0.3, -0.25) is 0 Å². The molecule has 3 unspecified atom stereocenters. The molecule has 0 heterocycles. The van der Waals surface area contributed by atoms with Gasteiger partial charge >= 0.3 is 0 Å². The van der Waals surface area contributed by atoms with E-state index in [-0.39, 0.29) is 18.2 Å². The largest absolute Gasteiger partial charge is 0.486 e. The molecule has 1 aromatic carbocycles. The molecule has 2 N–H and O–H groups in total. The Labute approximate surface area is 119 Å². The number of benzene rings is 1. The first-order chi connectivity index (χ1) is 9.11. The van der Waals surface area contributed by atoms with Gasteiger partial charge in [-0.1, -0.05) is 24.1 Å². The lowest BCUT2D eigenvalue weighted by Gasteiger charge is -2.28. The van der Waals surface area contributed by atoms with E-state index >= 15 is 0 Å². The molecular formula is C15H22ClNO2. The fourth-order valence-electron chi connectivity index (χ4n) is 2.43. The Morgan fingerprint density at radius 1 is 1.37 bits per heavy atom. The Morgan fingerprint density at radius 3 is 2.74 bits per heavy atom. The molecular weight excluding hydrogens is 262 g/mol. The summed E-state index contributed by atoms with van der Waals surface area (Å²) in [5, 5.41) is 13.7. The maximum absolute atomic E-state index is 9.92. The summed E-state index contributed by atoms with van der Waals surface area (Å²) in [5.74, 6) is 0.666. The molecule has 1 saturated carbocycles. The van der Waals surface area contributed by atoms with Gasteiger partial charge in [-0.2, -0.15) is 0 Å². The lowest BCUT2D eigenvalue weighted by molar-refractivity contribution is 0.00692. The van der Waals surface area contributed by atoms with Crippen molar-refractivity contribution >= 4 is 11.6 Å². The number of aliphatic hydroxyl groups is 1. The van der Waals surface area contributed by atoms with E-state index in [0.717, 1.165) is 31.2 Å². The third kappa shape index (κ3) is 3.62. The van der Waals surface area contributed by atoms with E-state index in [1.165, 1.54) is 0 Å². The summed E-state index contributed by atoms with van der Waals surface area (Å²) in [6.07, 6.45) is 3.39. The number of nitrogens with one attached hydrogen (secondary N) is 1. The van der Waals surface area contributed by atoms with Crippen LogP contribution in [0, 0.1) is 0 Å². The second-order valence-electron chi connectivity index (χ2n) is 5.21. The van der Waals surface area contributed by atoms with Crippen LogP contribution in [0.15, 0.2) is 18.2 Å². The quantitative estimate of drug-likeness (QED) is 0.891. The monoisotopic (exact) mass is 283 g/mol. The van der Waals surface area contributed by atoms with Gasteiger partial charge in [0.2, 0.25) is 0 Å². The molecule has 0 spiro atoms. The Bertz CT molecular complexity index is 425. The van der Waals surface area contributed by atoms with E-state index < -0.39 is 0 Å². The number of ether oxygens (including phenoxy) is 1. The number of halogens is 1. The first-order valence-electron chi connectivity index (χ1n) is 6.93. The molecule has 106 valence electrons. The minimum absolute atomic E-state index is 0.126. The van der Waals surface area contributed by atoms with Crippen molar-refractivity contribution in [2.24, 2.45) is 0 Å². The predicted octanol–water partition coefficient (Wildman–Crippen LogP) is 3.30. The highest BCUT2D eigenvalue weighted by atomic mass is 35.5. The molecule has 0 amide bonds. The summed E-state index contributed by atoms with van der Waals surface area (Å²) in [4.78, 5) is 0. The molecule has 0 saturated heterocycles. The molecule has 2 rings (SSSR count). The van der Waals surface area contributed by atoms with E-state index in [1.807, 2.05) is 25.2 Å². The minimum atomic E-state index is -0.374. The highest BCUT2D eigenvalue weighted by molar-refractivity contribution is 6.32. The maximum Gasteiger partial charge on any atom is 0.138 e. The van der Waals surface area contributed by atoms with Crippen LogP contribution in [0.25, 0.3) is 0 Å². The molecule has 1 aromatic rings.